The van der Waals surface area contributed by atoms with Gasteiger partial charge < -0.3 is 25.3 Å². The lowest BCUT2D eigenvalue weighted by Crippen LogP contribution is -2.28. The third-order valence-electron chi connectivity index (χ3n) is 4.28. The quantitative estimate of drug-likeness (QED) is 0.288. The minimum atomic E-state index is -1.35. The van der Waals surface area contributed by atoms with Crippen LogP contribution in [0.4, 0.5) is 11.4 Å². The Morgan fingerprint density at radius 1 is 0.788 bits per heavy atom. The molecular formula is C24H17Cl2N2O5-. The van der Waals surface area contributed by atoms with Crippen LogP contribution in [0.1, 0.15) is 5.56 Å². The first kappa shape index (κ1) is 23.8. The number of anilines is 2. The average Bonchev–Trinajstić information content (AvgIpc) is 2.79. The second-order valence-electron chi connectivity index (χ2n) is 6.66. The van der Waals surface area contributed by atoms with Crippen LogP contribution in [0.5, 0.6) is 5.75 Å². The van der Waals surface area contributed by atoms with Crippen molar-refractivity contribution >= 4 is 58.4 Å². The Labute approximate surface area is 199 Å². The molecule has 3 rings (SSSR count). The summed E-state index contributed by atoms with van der Waals surface area (Å²) in [7, 11) is 0. The van der Waals surface area contributed by atoms with E-state index in [9.17, 15) is 19.5 Å². The summed E-state index contributed by atoms with van der Waals surface area (Å²) in [4.78, 5) is 36.5. The summed E-state index contributed by atoms with van der Waals surface area (Å²) in [5.41, 5.74) is 0.964. The van der Waals surface area contributed by atoms with Crippen molar-refractivity contribution in [2.75, 3.05) is 17.2 Å². The third kappa shape index (κ3) is 6.83. The Kier molecular flexibility index (Phi) is 8.07. The molecule has 168 valence electrons. The van der Waals surface area contributed by atoms with Crippen molar-refractivity contribution in [3.05, 3.63) is 94.0 Å². The lowest BCUT2D eigenvalue weighted by atomic mass is 10.1. The third-order valence-corrected chi connectivity index (χ3v) is 4.94. The molecule has 0 spiro atoms. The van der Waals surface area contributed by atoms with Crippen LogP contribution in [-0.2, 0) is 14.4 Å². The number of carbonyl (C=O) groups is 3. The van der Waals surface area contributed by atoms with Crippen LogP contribution in [0, 0.1) is 0 Å². The monoisotopic (exact) mass is 483 g/mol. The minimum Gasteiger partial charge on any atom is -0.546 e. The molecule has 0 unspecified atom stereocenters. The summed E-state index contributed by atoms with van der Waals surface area (Å²) in [6, 6.07) is 19.4. The van der Waals surface area contributed by atoms with Crippen molar-refractivity contribution in [2.24, 2.45) is 0 Å². The van der Waals surface area contributed by atoms with Crippen LogP contribution in [0.25, 0.3) is 6.08 Å². The maximum atomic E-state index is 13.0. The molecule has 9 heteroatoms. The minimum absolute atomic E-state index is 0.210. The van der Waals surface area contributed by atoms with Gasteiger partial charge in [0, 0.05) is 0 Å². The molecule has 0 saturated heterocycles. The zero-order chi connectivity index (χ0) is 23.8. The molecule has 3 aromatic carbocycles. The Bertz CT molecular complexity index is 1150. The van der Waals surface area contributed by atoms with Gasteiger partial charge in [0.1, 0.15) is 17.9 Å². The summed E-state index contributed by atoms with van der Waals surface area (Å²) in [5, 5.41) is 16.4. The van der Waals surface area contributed by atoms with E-state index in [1.165, 1.54) is 18.2 Å². The van der Waals surface area contributed by atoms with E-state index in [0.29, 0.717) is 32.7 Å². The zero-order valence-corrected chi connectivity index (χ0v) is 18.5. The molecule has 33 heavy (non-hydrogen) atoms. The zero-order valence-electron chi connectivity index (χ0n) is 17.0. The number of rotatable bonds is 8. The maximum Gasteiger partial charge on any atom is 0.261 e. The first-order valence-corrected chi connectivity index (χ1v) is 10.4. The number of amides is 2. The summed E-state index contributed by atoms with van der Waals surface area (Å²) >= 11 is 12.2. The molecule has 0 aliphatic carbocycles. The number of para-hydroxylation sites is 2. The Morgan fingerprint density at radius 2 is 1.27 bits per heavy atom. The van der Waals surface area contributed by atoms with Gasteiger partial charge in [-0.3, -0.25) is 9.59 Å². The standard InChI is InChI=1S/C24H18Cl2N2O5/c25-18-5-1-3-7-20(18)27-23(31)17(24(32)28-21-8-4-2-6-19(21)26)13-15-9-11-16(12-10-15)33-14-22(29)30/h1-13H,14H2,(H,27,31)(H,28,32)(H,29,30)/p-1. The summed E-state index contributed by atoms with van der Waals surface area (Å²) < 4.78 is 5.04. The summed E-state index contributed by atoms with van der Waals surface area (Å²) in [6.07, 6.45) is 1.38. The lowest BCUT2D eigenvalue weighted by Gasteiger charge is -2.12. The molecule has 0 aromatic heterocycles. The van der Waals surface area contributed by atoms with Crippen molar-refractivity contribution in [1.82, 2.24) is 0 Å². The number of nitrogens with one attached hydrogen (secondary N) is 2. The van der Waals surface area contributed by atoms with Crippen molar-refractivity contribution in [1.29, 1.82) is 0 Å². The van der Waals surface area contributed by atoms with E-state index < -0.39 is 24.4 Å². The molecule has 0 aliphatic heterocycles. The van der Waals surface area contributed by atoms with Gasteiger partial charge in [-0.1, -0.05) is 59.6 Å². The van der Waals surface area contributed by atoms with Crippen LogP contribution in [0.3, 0.4) is 0 Å². The van der Waals surface area contributed by atoms with Crippen LogP contribution in [0.2, 0.25) is 10.0 Å². The maximum absolute atomic E-state index is 13.0. The summed E-state index contributed by atoms with van der Waals surface area (Å²) in [5.74, 6) is -2.44. The Hall–Kier alpha value is -3.81. The highest BCUT2D eigenvalue weighted by molar-refractivity contribution is 6.36. The number of hydrogen-bond donors (Lipinski definition) is 2. The molecule has 0 bridgehead atoms. The number of aliphatic carboxylic acids is 1. The molecule has 0 fully saturated rings. The summed E-state index contributed by atoms with van der Waals surface area (Å²) in [6.45, 7) is -0.596. The van der Waals surface area contributed by atoms with Gasteiger partial charge in [-0.2, -0.15) is 0 Å². The second-order valence-corrected chi connectivity index (χ2v) is 7.47. The van der Waals surface area contributed by atoms with E-state index in [1.54, 1.807) is 60.7 Å². The first-order valence-electron chi connectivity index (χ1n) is 9.59. The van der Waals surface area contributed by atoms with Gasteiger partial charge in [0.05, 0.1) is 27.4 Å². The van der Waals surface area contributed by atoms with Gasteiger partial charge in [0.2, 0.25) is 0 Å². The molecule has 0 heterocycles. The van der Waals surface area contributed by atoms with E-state index in [2.05, 4.69) is 10.6 Å². The molecule has 0 atom stereocenters. The van der Waals surface area contributed by atoms with Crippen molar-refractivity contribution in [3.8, 4) is 5.75 Å². The molecule has 3 aromatic rings. The van der Waals surface area contributed by atoms with Crippen molar-refractivity contribution < 1.29 is 24.2 Å². The van der Waals surface area contributed by atoms with E-state index in [4.69, 9.17) is 27.9 Å². The first-order chi connectivity index (χ1) is 15.8. The number of carbonyl (C=O) groups excluding carboxylic acids is 3. The van der Waals surface area contributed by atoms with Crippen LogP contribution in [-0.4, -0.2) is 24.4 Å². The van der Waals surface area contributed by atoms with Crippen LogP contribution in [0.15, 0.2) is 78.4 Å². The van der Waals surface area contributed by atoms with Gasteiger partial charge in [-0.05, 0) is 48.0 Å². The molecule has 7 nitrogen and oxygen atoms in total. The smallest absolute Gasteiger partial charge is 0.261 e. The number of ether oxygens (including phenoxy) is 1. The van der Waals surface area contributed by atoms with Gasteiger partial charge in [-0.15, -0.1) is 0 Å². The van der Waals surface area contributed by atoms with Gasteiger partial charge in [0.15, 0.2) is 0 Å². The second kappa shape index (κ2) is 11.2. The van der Waals surface area contributed by atoms with E-state index in [0.717, 1.165) is 0 Å². The highest BCUT2D eigenvalue weighted by Gasteiger charge is 2.20. The van der Waals surface area contributed by atoms with Gasteiger partial charge >= 0.3 is 0 Å². The fourth-order valence-corrected chi connectivity index (χ4v) is 3.07. The van der Waals surface area contributed by atoms with Gasteiger partial charge in [0.25, 0.3) is 11.8 Å². The lowest BCUT2D eigenvalue weighted by molar-refractivity contribution is -0.307. The number of carboxylic acid groups (broad SMARTS) is 1. The van der Waals surface area contributed by atoms with Crippen LogP contribution < -0.4 is 20.5 Å². The number of halogens is 2. The van der Waals surface area contributed by atoms with Crippen LogP contribution >= 0.6 is 23.2 Å². The molecule has 2 N–H and O–H groups in total. The molecule has 0 radical (unpaired) electrons. The molecule has 0 saturated carbocycles. The Balaban J connectivity index is 1.89. The van der Waals surface area contributed by atoms with E-state index in [-0.39, 0.29) is 5.57 Å². The topological polar surface area (TPSA) is 108 Å². The fraction of sp³-hybridized carbons (Fsp3) is 0.0417. The SMILES string of the molecule is O=C([O-])COc1ccc(C=C(C(=O)Nc2ccccc2Cl)C(=O)Nc2ccccc2Cl)cc1. The predicted octanol–water partition coefficient (Wildman–Crippen LogP) is 3.78. The Morgan fingerprint density at radius 3 is 1.73 bits per heavy atom. The number of benzene rings is 3. The average molecular weight is 484 g/mol. The highest BCUT2D eigenvalue weighted by atomic mass is 35.5. The van der Waals surface area contributed by atoms with E-state index >= 15 is 0 Å². The van der Waals surface area contributed by atoms with Gasteiger partial charge in [-0.25, -0.2) is 0 Å². The largest absolute Gasteiger partial charge is 0.546 e. The van der Waals surface area contributed by atoms with Crippen molar-refractivity contribution in [3.63, 3.8) is 0 Å². The van der Waals surface area contributed by atoms with E-state index in [1.807, 2.05) is 0 Å². The number of hydrogen-bond acceptors (Lipinski definition) is 5. The number of carboxylic acids is 1. The predicted molar refractivity (Wildman–Crippen MR) is 125 cm³/mol. The molecular weight excluding hydrogens is 467 g/mol. The normalized spacial score (nSPS) is 10.1. The highest BCUT2D eigenvalue weighted by Crippen LogP contribution is 2.24. The molecule has 2 amide bonds. The van der Waals surface area contributed by atoms with Crippen molar-refractivity contribution in [2.45, 2.75) is 0 Å². The molecule has 0 aliphatic rings. The fourth-order valence-electron chi connectivity index (χ4n) is 2.71.